The summed E-state index contributed by atoms with van der Waals surface area (Å²) >= 11 is 5.58. The summed E-state index contributed by atoms with van der Waals surface area (Å²) in [5.41, 5.74) is 0.244. The number of aliphatic hydroxyl groups excluding tert-OH is 1. The lowest BCUT2D eigenvalue weighted by atomic mass is 10.1. The highest BCUT2D eigenvalue weighted by molar-refractivity contribution is 6.30. The Kier molecular flexibility index (Phi) is 7.80. The maximum Gasteiger partial charge on any atom is 0.336 e. The highest BCUT2D eigenvalue weighted by Gasteiger charge is 2.11. The molecule has 3 rings (SSSR count). The molecule has 0 radical (unpaired) electrons. The van der Waals surface area contributed by atoms with E-state index in [1.807, 2.05) is 0 Å². The molecule has 2 aromatic carbocycles. The van der Waals surface area contributed by atoms with Crippen molar-refractivity contribution in [3.63, 3.8) is 0 Å². The molecular weight excluding hydrogens is 443 g/mol. The van der Waals surface area contributed by atoms with Gasteiger partial charge < -0.3 is 24.9 Å². The van der Waals surface area contributed by atoms with E-state index in [0.717, 1.165) is 6.07 Å². The fourth-order valence-electron chi connectivity index (χ4n) is 2.77. The summed E-state index contributed by atoms with van der Waals surface area (Å²) in [6.45, 7) is -0.184. The summed E-state index contributed by atoms with van der Waals surface area (Å²) in [6, 6.07) is 11.3. The number of halogens is 2. The zero-order chi connectivity index (χ0) is 23.1. The second-order valence-electron chi connectivity index (χ2n) is 6.87. The number of hydrogen-bond donors (Lipinski definition) is 3. The largest absolute Gasteiger partial charge is 0.484 e. The Morgan fingerprint density at radius 1 is 1.12 bits per heavy atom. The summed E-state index contributed by atoms with van der Waals surface area (Å²) in [4.78, 5) is 35.3. The van der Waals surface area contributed by atoms with Crippen LogP contribution in [0.25, 0.3) is 11.0 Å². The number of rotatable bonds is 9. The Bertz CT molecular complexity index is 1180. The average molecular weight is 463 g/mol. The van der Waals surface area contributed by atoms with Gasteiger partial charge in [0.05, 0.1) is 11.1 Å². The van der Waals surface area contributed by atoms with Gasteiger partial charge in [-0.2, -0.15) is 0 Å². The van der Waals surface area contributed by atoms with Crippen LogP contribution in [0.5, 0.6) is 5.75 Å². The minimum absolute atomic E-state index is 0.0167. The fraction of sp³-hybridized carbons (Fsp3) is 0.227. The molecule has 32 heavy (non-hydrogen) atoms. The quantitative estimate of drug-likeness (QED) is 0.420. The second kappa shape index (κ2) is 10.7. The molecule has 0 saturated carbocycles. The normalized spacial score (nSPS) is 11.7. The standard InChI is InChI=1S/C22H20ClFN2O6/c23-17-4-3-16(10-18(17)24)31-12-20(28)25-8-7-15(27)11-26-22(30)14-1-5-19-13(9-14)2-6-21(29)32-19/h1-6,9-10,15,27H,7-8,11-12H2,(H,25,28)(H,26,30)/t15-/m0/s1. The van der Waals surface area contributed by atoms with Crippen molar-refractivity contribution in [2.45, 2.75) is 12.5 Å². The van der Waals surface area contributed by atoms with Crippen LogP contribution in [0, 0.1) is 5.82 Å². The van der Waals surface area contributed by atoms with Gasteiger partial charge in [0, 0.05) is 36.2 Å². The number of nitrogens with one attached hydrogen (secondary N) is 2. The summed E-state index contributed by atoms with van der Waals surface area (Å²) in [6.07, 6.45) is -0.686. The number of fused-ring (bicyclic) bond motifs is 1. The maximum absolute atomic E-state index is 13.3. The van der Waals surface area contributed by atoms with E-state index in [2.05, 4.69) is 10.6 Å². The van der Waals surface area contributed by atoms with Gasteiger partial charge in [0.15, 0.2) is 6.61 Å². The third kappa shape index (κ3) is 6.53. The Morgan fingerprint density at radius 3 is 2.72 bits per heavy atom. The van der Waals surface area contributed by atoms with E-state index in [9.17, 15) is 23.9 Å². The van der Waals surface area contributed by atoms with E-state index >= 15 is 0 Å². The topological polar surface area (TPSA) is 118 Å². The Hall–Kier alpha value is -3.43. The zero-order valence-corrected chi connectivity index (χ0v) is 17.5. The number of carbonyl (C=O) groups excluding carboxylic acids is 2. The average Bonchev–Trinajstić information content (AvgIpc) is 2.77. The van der Waals surface area contributed by atoms with Gasteiger partial charge in [-0.05, 0) is 42.8 Å². The van der Waals surface area contributed by atoms with E-state index in [0.29, 0.717) is 16.5 Å². The van der Waals surface area contributed by atoms with Crippen LogP contribution in [-0.2, 0) is 4.79 Å². The van der Waals surface area contributed by atoms with Gasteiger partial charge in [-0.15, -0.1) is 0 Å². The van der Waals surface area contributed by atoms with Crippen LogP contribution < -0.4 is 21.0 Å². The molecule has 0 spiro atoms. The minimum Gasteiger partial charge on any atom is -0.484 e. The molecular formula is C22H20ClFN2O6. The molecule has 0 fully saturated rings. The smallest absolute Gasteiger partial charge is 0.336 e. The predicted octanol–water partition coefficient (Wildman–Crippen LogP) is 2.26. The van der Waals surface area contributed by atoms with Crippen LogP contribution in [0.4, 0.5) is 4.39 Å². The van der Waals surface area contributed by atoms with Gasteiger partial charge in [-0.1, -0.05) is 11.6 Å². The lowest BCUT2D eigenvalue weighted by Gasteiger charge is -2.13. The minimum atomic E-state index is -0.885. The van der Waals surface area contributed by atoms with Crippen molar-refractivity contribution < 1.29 is 28.2 Å². The summed E-state index contributed by atoms with van der Waals surface area (Å²) in [7, 11) is 0. The van der Waals surface area contributed by atoms with Crippen molar-refractivity contribution >= 4 is 34.4 Å². The maximum atomic E-state index is 13.3. The van der Waals surface area contributed by atoms with E-state index < -0.39 is 29.4 Å². The lowest BCUT2D eigenvalue weighted by molar-refractivity contribution is -0.123. The highest BCUT2D eigenvalue weighted by atomic mass is 35.5. The van der Waals surface area contributed by atoms with E-state index in [4.69, 9.17) is 20.8 Å². The van der Waals surface area contributed by atoms with E-state index in [1.165, 1.54) is 30.3 Å². The Morgan fingerprint density at radius 2 is 1.94 bits per heavy atom. The first kappa shape index (κ1) is 23.2. The van der Waals surface area contributed by atoms with E-state index in [-0.39, 0.29) is 36.9 Å². The summed E-state index contributed by atoms with van der Waals surface area (Å²) in [5, 5.41) is 15.7. The second-order valence-corrected chi connectivity index (χ2v) is 7.28. The molecule has 2 amide bonds. The third-order valence-electron chi connectivity index (χ3n) is 4.44. The van der Waals surface area contributed by atoms with Crippen LogP contribution >= 0.6 is 11.6 Å². The first-order valence-corrected chi connectivity index (χ1v) is 10.0. The van der Waals surface area contributed by atoms with Gasteiger partial charge in [0.25, 0.3) is 11.8 Å². The third-order valence-corrected chi connectivity index (χ3v) is 4.75. The summed E-state index contributed by atoms with van der Waals surface area (Å²) in [5.74, 6) is -1.32. The molecule has 3 aromatic rings. The molecule has 0 aliphatic heterocycles. The molecule has 8 nitrogen and oxygen atoms in total. The van der Waals surface area contributed by atoms with Crippen LogP contribution in [-0.4, -0.2) is 42.7 Å². The van der Waals surface area contributed by atoms with Crippen LogP contribution in [0.2, 0.25) is 5.02 Å². The number of amides is 2. The molecule has 10 heteroatoms. The van der Waals surface area contributed by atoms with Crippen molar-refractivity contribution in [3.05, 3.63) is 75.4 Å². The first-order chi connectivity index (χ1) is 15.3. The number of benzene rings is 2. The molecule has 0 saturated heterocycles. The molecule has 0 bridgehead atoms. The molecule has 168 valence electrons. The van der Waals surface area contributed by atoms with Crippen LogP contribution in [0.1, 0.15) is 16.8 Å². The first-order valence-electron chi connectivity index (χ1n) is 9.66. The molecule has 1 heterocycles. The molecule has 3 N–H and O–H groups in total. The van der Waals surface area contributed by atoms with Crippen LogP contribution in [0.15, 0.2) is 57.7 Å². The number of hydrogen-bond acceptors (Lipinski definition) is 6. The molecule has 1 aromatic heterocycles. The van der Waals surface area contributed by atoms with Crippen molar-refractivity contribution in [1.82, 2.24) is 10.6 Å². The van der Waals surface area contributed by atoms with E-state index in [1.54, 1.807) is 12.1 Å². The molecule has 0 unspecified atom stereocenters. The van der Waals surface area contributed by atoms with Crippen molar-refractivity contribution in [1.29, 1.82) is 0 Å². The Balaban J connectivity index is 1.37. The van der Waals surface area contributed by atoms with Gasteiger partial charge in [-0.25, -0.2) is 9.18 Å². The number of aliphatic hydroxyl groups is 1. The molecule has 0 aliphatic carbocycles. The summed E-state index contributed by atoms with van der Waals surface area (Å²) < 4.78 is 23.5. The number of carbonyl (C=O) groups is 2. The fourth-order valence-corrected chi connectivity index (χ4v) is 2.89. The van der Waals surface area contributed by atoms with Crippen molar-refractivity contribution in [2.75, 3.05) is 19.7 Å². The predicted molar refractivity (Wildman–Crippen MR) is 115 cm³/mol. The Labute approximate surface area is 186 Å². The molecule has 0 aliphatic rings. The van der Waals surface area contributed by atoms with Gasteiger partial charge in [-0.3, -0.25) is 9.59 Å². The highest BCUT2D eigenvalue weighted by Crippen LogP contribution is 2.20. The lowest BCUT2D eigenvalue weighted by Crippen LogP contribution is -2.36. The van der Waals surface area contributed by atoms with Crippen LogP contribution in [0.3, 0.4) is 0 Å². The number of ether oxygens (including phenoxy) is 1. The monoisotopic (exact) mass is 462 g/mol. The zero-order valence-electron chi connectivity index (χ0n) is 16.8. The van der Waals surface area contributed by atoms with Crippen molar-refractivity contribution in [3.8, 4) is 5.75 Å². The van der Waals surface area contributed by atoms with Gasteiger partial charge in [0.2, 0.25) is 0 Å². The SMILES string of the molecule is O=C(COc1ccc(Cl)c(F)c1)NCC[C@H](O)CNC(=O)c1ccc2oc(=O)ccc2c1. The van der Waals surface area contributed by atoms with Gasteiger partial charge in [0.1, 0.15) is 17.1 Å². The van der Waals surface area contributed by atoms with Gasteiger partial charge >= 0.3 is 5.63 Å². The van der Waals surface area contributed by atoms with Crippen molar-refractivity contribution in [2.24, 2.45) is 0 Å². The molecule has 1 atom stereocenters.